The third-order valence-corrected chi connectivity index (χ3v) is 2.62. The van der Waals surface area contributed by atoms with Gasteiger partial charge in [0.15, 0.2) is 0 Å². The van der Waals surface area contributed by atoms with E-state index in [-0.39, 0.29) is 0 Å². The number of aromatic nitrogens is 1. The van der Waals surface area contributed by atoms with Crippen molar-refractivity contribution in [2.24, 2.45) is 0 Å². The van der Waals surface area contributed by atoms with E-state index in [0.29, 0.717) is 11.6 Å². The lowest BCUT2D eigenvalue weighted by Crippen LogP contribution is -2.37. The van der Waals surface area contributed by atoms with Crippen LogP contribution in [0.4, 0.5) is 5.82 Å². The minimum Gasteiger partial charge on any atom is -0.329 e. The zero-order valence-electron chi connectivity index (χ0n) is 11.2. The van der Waals surface area contributed by atoms with Crippen molar-refractivity contribution in [3.8, 4) is 6.07 Å². The largest absolute Gasteiger partial charge is 0.329 e. The molecule has 1 atom stereocenters. The predicted octanol–water partition coefficient (Wildman–Crippen LogP) is 2.29. The van der Waals surface area contributed by atoms with Crippen LogP contribution in [0, 0.1) is 11.3 Å². The molecular formula is C14H20N4. The molecule has 4 nitrogen and oxygen atoms in total. The Hall–Kier alpha value is -1.86. The van der Waals surface area contributed by atoms with Crippen LogP contribution in [0.1, 0.15) is 26.3 Å². The molecule has 0 amide bonds. The molecule has 1 N–H and O–H groups in total. The van der Waals surface area contributed by atoms with Gasteiger partial charge < -0.3 is 10.2 Å². The smallest absolute Gasteiger partial charge is 0.132 e. The molecule has 0 aliphatic heterocycles. The van der Waals surface area contributed by atoms with Crippen LogP contribution in [-0.2, 0) is 0 Å². The van der Waals surface area contributed by atoms with Crippen LogP contribution >= 0.6 is 0 Å². The molecule has 0 fully saturated rings. The fourth-order valence-electron chi connectivity index (χ4n) is 1.67. The van der Waals surface area contributed by atoms with Gasteiger partial charge in [0.1, 0.15) is 11.9 Å². The molecule has 1 rings (SSSR count). The van der Waals surface area contributed by atoms with Crippen molar-refractivity contribution in [2.75, 3.05) is 18.0 Å². The van der Waals surface area contributed by atoms with E-state index in [1.807, 2.05) is 25.3 Å². The van der Waals surface area contributed by atoms with E-state index in [1.54, 1.807) is 12.3 Å². The second kappa shape index (κ2) is 7.46. The number of nitrogens with zero attached hydrogens (tertiary/aromatic N) is 3. The van der Waals surface area contributed by atoms with E-state index in [1.165, 1.54) is 0 Å². The molecule has 0 aliphatic rings. The Balaban J connectivity index is 2.86. The number of nitriles is 1. The summed E-state index contributed by atoms with van der Waals surface area (Å²) in [4.78, 5) is 6.42. The molecule has 0 radical (unpaired) electrons. The van der Waals surface area contributed by atoms with Gasteiger partial charge in [-0.25, -0.2) is 4.98 Å². The summed E-state index contributed by atoms with van der Waals surface area (Å²) in [5, 5.41) is 12.1. The highest BCUT2D eigenvalue weighted by Gasteiger charge is 2.12. The van der Waals surface area contributed by atoms with Gasteiger partial charge in [-0.3, -0.25) is 0 Å². The Morgan fingerprint density at radius 3 is 2.83 bits per heavy atom. The molecule has 0 saturated carbocycles. The van der Waals surface area contributed by atoms with Gasteiger partial charge in [0.2, 0.25) is 0 Å². The van der Waals surface area contributed by atoms with Gasteiger partial charge in [0, 0.05) is 25.0 Å². The van der Waals surface area contributed by atoms with Crippen LogP contribution in [0.2, 0.25) is 0 Å². The molecule has 18 heavy (non-hydrogen) atoms. The minimum atomic E-state index is 0.307. The molecule has 0 aromatic carbocycles. The zero-order chi connectivity index (χ0) is 13.4. The van der Waals surface area contributed by atoms with E-state index < -0.39 is 0 Å². The van der Waals surface area contributed by atoms with Gasteiger partial charge in [-0.2, -0.15) is 5.26 Å². The standard InChI is InChI=1S/C14H20N4/c1-4-8-18(12(3)10-16-5-2)14-7-6-13(9-15)11-17-14/h4,6-8,11-12,16H,5,10H2,1-3H3. The van der Waals surface area contributed by atoms with Crippen molar-refractivity contribution in [1.82, 2.24) is 10.3 Å². The Morgan fingerprint density at radius 1 is 1.56 bits per heavy atom. The highest BCUT2D eigenvalue weighted by atomic mass is 15.2. The molecule has 0 bridgehead atoms. The second-order valence-electron chi connectivity index (χ2n) is 4.06. The molecule has 0 aliphatic carbocycles. The number of rotatable bonds is 6. The fourth-order valence-corrected chi connectivity index (χ4v) is 1.67. The first-order valence-electron chi connectivity index (χ1n) is 6.21. The van der Waals surface area contributed by atoms with E-state index >= 15 is 0 Å². The van der Waals surface area contributed by atoms with Crippen molar-refractivity contribution in [2.45, 2.75) is 26.8 Å². The number of anilines is 1. The molecule has 1 heterocycles. The first-order valence-corrected chi connectivity index (χ1v) is 6.21. The highest BCUT2D eigenvalue weighted by Crippen LogP contribution is 2.14. The lowest BCUT2D eigenvalue weighted by Gasteiger charge is -2.27. The lowest BCUT2D eigenvalue weighted by atomic mass is 10.2. The van der Waals surface area contributed by atoms with Crippen LogP contribution in [0.15, 0.2) is 30.6 Å². The summed E-state index contributed by atoms with van der Waals surface area (Å²) < 4.78 is 0. The van der Waals surface area contributed by atoms with Crippen LogP contribution in [0.25, 0.3) is 0 Å². The SMILES string of the molecule is CC=CN(c1ccc(C#N)cn1)C(C)CNCC. The van der Waals surface area contributed by atoms with Gasteiger partial charge in [0.25, 0.3) is 0 Å². The number of likely N-dealkylation sites (N-methyl/N-ethyl adjacent to an activating group) is 1. The average Bonchev–Trinajstić information content (AvgIpc) is 2.42. The maximum Gasteiger partial charge on any atom is 0.132 e. The molecule has 1 aromatic heterocycles. The molecule has 96 valence electrons. The Bertz CT molecular complexity index is 416. The number of allylic oxidation sites excluding steroid dienone is 1. The molecular weight excluding hydrogens is 224 g/mol. The van der Waals surface area contributed by atoms with Crippen LogP contribution in [-0.4, -0.2) is 24.1 Å². The molecule has 0 spiro atoms. The van der Waals surface area contributed by atoms with Crippen LogP contribution < -0.4 is 10.2 Å². The summed E-state index contributed by atoms with van der Waals surface area (Å²) in [5.41, 5.74) is 0.582. The van der Waals surface area contributed by atoms with E-state index in [9.17, 15) is 0 Å². The predicted molar refractivity (Wildman–Crippen MR) is 74.3 cm³/mol. The first-order chi connectivity index (χ1) is 8.72. The van der Waals surface area contributed by atoms with Crippen LogP contribution in [0.5, 0.6) is 0 Å². The number of pyridine rings is 1. The quantitative estimate of drug-likeness (QED) is 0.834. The molecule has 0 saturated heterocycles. The summed E-state index contributed by atoms with van der Waals surface area (Å²) in [6.45, 7) is 8.06. The second-order valence-corrected chi connectivity index (χ2v) is 4.06. The monoisotopic (exact) mass is 244 g/mol. The lowest BCUT2D eigenvalue weighted by molar-refractivity contribution is 0.608. The molecule has 1 aromatic rings. The van der Waals surface area contributed by atoms with Crippen molar-refractivity contribution in [1.29, 1.82) is 5.26 Å². The van der Waals surface area contributed by atoms with Crippen molar-refractivity contribution in [3.05, 3.63) is 36.2 Å². The maximum atomic E-state index is 8.77. The summed E-state index contributed by atoms with van der Waals surface area (Å²) in [6.07, 6.45) is 5.60. The Morgan fingerprint density at radius 2 is 2.33 bits per heavy atom. The number of hydrogen-bond donors (Lipinski definition) is 1. The zero-order valence-corrected chi connectivity index (χ0v) is 11.2. The summed E-state index contributed by atoms with van der Waals surface area (Å²) in [7, 11) is 0. The topological polar surface area (TPSA) is 52.0 Å². The average molecular weight is 244 g/mol. The molecule has 4 heteroatoms. The minimum absolute atomic E-state index is 0.307. The van der Waals surface area contributed by atoms with Gasteiger partial charge in [-0.15, -0.1) is 0 Å². The van der Waals surface area contributed by atoms with Gasteiger partial charge >= 0.3 is 0 Å². The third kappa shape index (κ3) is 3.86. The van der Waals surface area contributed by atoms with E-state index in [2.05, 4.69) is 35.1 Å². The van der Waals surface area contributed by atoms with E-state index in [4.69, 9.17) is 5.26 Å². The van der Waals surface area contributed by atoms with E-state index in [0.717, 1.165) is 18.9 Å². The van der Waals surface area contributed by atoms with Crippen LogP contribution in [0.3, 0.4) is 0 Å². The van der Waals surface area contributed by atoms with Crippen molar-refractivity contribution < 1.29 is 0 Å². The summed E-state index contributed by atoms with van der Waals surface area (Å²) in [5.74, 6) is 0.859. The fraction of sp³-hybridized carbons (Fsp3) is 0.429. The highest BCUT2D eigenvalue weighted by molar-refractivity contribution is 5.45. The van der Waals surface area contributed by atoms with Crippen molar-refractivity contribution >= 4 is 5.82 Å². The Labute approximate surface area is 109 Å². The van der Waals surface area contributed by atoms with Crippen molar-refractivity contribution in [3.63, 3.8) is 0 Å². The molecule has 1 unspecified atom stereocenters. The van der Waals surface area contributed by atoms with Gasteiger partial charge in [-0.05, 0) is 32.5 Å². The number of hydrogen-bond acceptors (Lipinski definition) is 4. The summed E-state index contributed by atoms with van der Waals surface area (Å²) >= 11 is 0. The Kier molecular flexibility index (Phi) is 5.89. The summed E-state index contributed by atoms with van der Waals surface area (Å²) in [6, 6.07) is 6.05. The van der Waals surface area contributed by atoms with Gasteiger partial charge in [-0.1, -0.05) is 13.0 Å². The maximum absolute atomic E-state index is 8.77. The first kappa shape index (κ1) is 14.2. The normalized spacial score (nSPS) is 12.3. The number of nitrogens with one attached hydrogen (secondary N) is 1. The van der Waals surface area contributed by atoms with Gasteiger partial charge in [0.05, 0.1) is 5.56 Å². The third-order valence-electron chi connectivity index (χ3n) is 2.62.